The summed E-state index contributed by atoms with van der Waals surface area (Å²) in [6, 6.07) is 3.68. The maximum atomic E-state index is 13.9. The van der Waals surface area contributed by atoms with Crippen molar-refractivity contribution in [2.24, 2.45) is 0 Å². The van der Waals surface area contributed by atoms with Crippen molar-refractivity contribution in [2.45, 2.75) is 57.1 Å². The molecule has 1 aromatic rings. The first-order valence-corrected chi connectivity index (χ1v) is 7.84. The van der Waals surface area contributed by atoms with Gasteiger partial charge in [-0.3, -0.25) is 0 Å². The summed E-state index contributed by atoms with van der Waals surface area (Å²) in [6.07, 6.45) is 5.66. The minimum absolute atomic E-state index is 0.0150. The van der Waals surface area contributed by atoms with Gasteiger partial charge in [-0.25, -0.2) is 8.78 Å². The molecule has 0 aromatic heterocycles. The summed E-state index contributed by atoms with van der Waals surface area (Å²) in [5.41, 5.74) is 0.167. The van der Waals surface area contributed by atoms with Crippen molar-refractivity contribution in [3.8, 4) is 0 Å². The molecule has 0 bridgehead atoms. The summed E-state index contributed by atoms with van der Waals surface area (Å²) in [7, 11) is 1.73. The zero-order valence-electron chi connectivity index (χ0n) is 12.9. The maximum Gasteiger partial charge on any atom is 0.126 e. The van der Waals surface area contributed by atoms with E-state index in [1.54, 1.807) is 7.11 Å². The number of halogens is 2. The fraction of sp³-hybridized carbons (Fsp3) is 0.647. The van der Waals surface area contributed by atoms with Gasteiger partial charge in [0.2, 0.25) is 0 Å². The molecule has 1 N–H and O–H groups in total. The molecule has 2 nitrogen and oxygen atoms in total. The fourth-order valence-electron chi connectivity index (χ4n) is 3.35. The molecule has 1 aromatic carbocycles. The first kappa shape index (κ1) is 16.4. The van der Waals surface area contributed by atoms with E-state index in [2.05, 4.69) is 12.2 Å². The van der Waals surface area contributed by atoms with Gasteiger partial charge in [-0.15, -0.1) is 0 Å². The smallest absolute Gasteiger partial charge is 0.126 e. The second-order valence-electron chi connectivity index (χ2n) is 5.92. The van der Waals surface area contributed by atoms with Gasteiger partial charge in [-0.2, -0.15) is 0 Å². The van der Waals surface area contributed by atoms with Crippen molar-refractivity contribution in [1.82, 2.24) is 5.32 Å². The van der Waals surface area contributed by atoms with Gasteiger partial charge in [0.25, 0.3) is 0 Å². The van der Waals surface area contributed by atoms with Gasteiger partial charge >= 0.3 is 0 Å². The van der Waals surface area contributed by atoms with Gasteiger partial charge in [-0.1, -0.05) is 19.8 Å². The Labute approximate surface area is 125 Å². The van der Waals surface area contributed by atoms with E-state index >= 15 is 0 Å². The van der Waals surface area contributed by atoms with E-state index in [0.29, 0.717) is 12.0 Å². The van der Waals surface area contributed by atoms with Crippen LogP contribution >= 0.6 is 0 Å². The van der Waals surface area contributed by atoms with Crippen molar-refractivity contribution in [3.63, 3.8) is 0 Å². The summed E-state index contributed by atoms with van der Waals surface area (Å²) < 4.78 is 33.1. The lowest BCUT2D eigenvalue weighted by Crippen LogP contribution is -2.52. The Kier molecular flexibility index (Phi) is 5.71. The van der Waals surface area contributed by atoms with E-state index in [-0.39, 0.29) is 17.5 Å². The highest BCUT2D eigenvalue weighted by Crippen LogP contribution is 2.37. The summed E-state index contributed by atoms with van der Waals surface area (Å²) in [5, 5.41) is 3.48. The number of hydrogen-bond donors (Lipinski definition) is 1. The minimum atomic E-state index is -0.390. The molecule has 1 atom stereocenters. The first-order valence-electron chi connectivity index (χ1n) is 7.84. The molecule has 0 heterocycles. The molecule has 2 rings (SSSR count). The van der Waals surface area contributed by atoms with Crippen LogP contribution < -0.4 is 5.32 Å². The molecule has 0 amide bonds. The summed E-state index contributed by atoms with van der Waals surface area (Å²) in [4.78, 5) is 0. The van der Waals surface area contributed by atoms with Crippen molar-refractivity contribution in [1.29, 1.82) is 0 Å². The van der Waals surface area contributed by atoms with Crippen LogP contribution in [0.1, 0.15) is 44.6 Å². The molecule has 1 aliphatic rings. The molecule has 1 fully saturated rings. The van der Waals surface area contributed by atoms with E-state index < -0.39 is 5.82 Å². The molecule has 1 aliphatic carbocycles. The van der Waals surface area contributed by atoms with Crippen LogP contribution in [-0.4, -0.2) is 25.3 Å². The number of benzene rings is 1. The van der Waals surface area contributed by atoms with Crippen LogP contribution in [0.3, 0.4) is 0 Å². The predicted octanol–water partition coefficient (Wildman–Crippen LogP) is 3.83. The summed E-state index contributed by atoms with van der Waals surface area (Å²) >= 11 is 0. The Bertz CT molecular complexity index is 458. The molecule has 0 radical (unpaired) electrons. The van der Waals surface area contributed by atoms with Crippen LogP contribution in [0.5, 0.6) is 0 Å². The maximum absolute atomic E-state index is 13.9. The van der Waals surface area contributed by atoms with Crippen LogP contribution in [0, 0.1) is 11.6 Å². The van der Waals surface area contributed by atoms with Crippen LogP contribution in [0.2, 0.25) is 0 Å². The highest BCUT2D eigenvalue weighted by molar-refractivity contribution is 5.21. The lowest BCUT2D eigenvalue weighted by molar-refractivity contribution is -0.0356. The Morgan fingerprint density at radius 2 is 2.00 bits per heavy atom. The zero-order valence-corrected chi connectivity index (χ0v) is 12.9. The summed E-state index contributed by atoms with van der Waals surface area (Å²) in [6.45, 7) is 2.95. The SMILES string of the molecule is CCCNC(Cc1cc(F)ccc1F)C1(OC)CCCC1. The average molecular weight is 297 g/mol. The minimum Gasteiger partial charge on any atom is -0.377 e. The second-order valence-corrected chi connectivity index (χ2v) is 5.92. The second kappa shape index (κ2) is 7.32. The first-order chi connectivity index (χ1) is 10.1. The Morgan fingerprint density at radius 3 is 2.62 bits per heavy atom. The summed E-state index contributed by atoms with van der Waals surface area (Å²) in [5.74, 6) is -0.734. The normalized spacial score (nSPS) is 18.9. The molecule has 1 unspecified atom stereocenters. The van der Waals surface area contributed by atoms with E-state index in [1.807, 2.05) is 0 Å². The van der Waals surface area contributed by atoms with Crippen LogP contribution in [0.15, 0.2) is 18.2 Å². The third-order valence-electron chi connectivity index (χ3n) is 4.56. The fourth-order valence-corrected chi connectivity index (χ4v) is 3.35. The lowest BCUT2D eigenvalue weighted by atomic mass is 9.87. The lowest BCUT2D eigenvalue weighted by Gasteiger charge is -2.37. The molecule has 0 aliphatic heterocycles. The number of rotatable bonds is 7. The van der Waals surface area contributed by atoms with Crippen molar-refractivity contribution in [3.05, 3.63) is 35.4 Å². The van der Waals surface area contributed by atoms with Crippen molar-refractivity contribution in [2.75, 3.05) is 13.7 Å². The third-order valence-corrected chi connectivity index (χ3v) is 4.56. The van der Waals surface area contributed by atoms with Gasteiger partial charge in [0.15, 0.2) is 0 Å². The molecule has 0 spiro atoms. The molecule has 4 heteroatoms. The van der Waals surface area contributed by atoms with E-state index in [4.69, 9.17) is 4.74 Å². The van der Waals surface area contributed by atoms with Gasteiger partial charge in [-0.05, 0) is 56.0 Å². The van der Waals surface area contributed by atoms with Crippen LogP contribution in [0.25, 0.3) is 0 Å². The average Bonchev–Trinajstić information content (AvgIpc) is 2.97. The van der Waals surface area contributed by atoms with E-state index in [1.165, 1.54) is 12.1 Å². The molecular formula is C17H25F2NO. The number of hydrogen-bond acceptors (Lipinski definition) is 2. The number of methoxy groups -OCH3 is 1. The Balaban J connectivity index is 2.21. The molecule has 0 saturated heterocycles. The van der Waals surface area contributed by atoms with E-state index in [0.717, 1.165) is 44.7 Å². The molecule has 1 saturated carbocycles. The van der Waals surface area contributed by atoms with Crippen molar-refractivity contribution < 1.29 is 13.5 Å². The van der Waals surface area contributed by atoms with Gasteiger partial charge in [0, 0.05) is 13.2 Å². The zero-order chi connectivity index (χ0) is 15.3. The number of ether oxygens (including phenoxy) is 1. The Hall–Kier alpha value is -1.00. The highest BCUT2D eigenvalue weighted by Gasteiger charge is 2.41. The third kappa shape index (κ3) is 3.80. The largest absolute Gasteiger partial charge is 0.377 e. The number of nitrogens with one attached hydrogen (secondary N) is 1. The van der Waals surface area contributed by atoms with Gasteiger partial charge < -0.3 is 10.1 Å². The highest BCUT2D eigenvalue weighted by atomic mass is 19.1. The molecular weight excluding hydrogens is 272 g/mol. The van der Waals surface area contributed by atoms with Crippen molar-refractivity contribution >= 4 is 0 Å². The quantitative estimate of drug-likeness (QED) is 0.826. The van der Waals surface area contributed by atoms with Crippen LogP contribution in [0.4, 0.5) is 8.78 Å². The topological polar surface area (TPSA) is 21.3 Å². The molecule has 21 heavy (non-hydrogen) atoms. The predicted molar refractivity (Wildman–Crippen MR) is 80.4 cm³/mol. The molecule has 118 valence electrons. The van der Waals surface area contributed by atoms with Crippen LogP contribution in [-0.2, 0) is 11.2 Å². The van der Waals surface area contributed by atoms with Gasteiger partial charge in [0.1, 0.15) is 11.6 Å². The Morgan fingerprint density at radius 1 is 1.29 bits per heavy atom. The van der Waals surface area contributed by atoms with E-state index in [9.17, 15) is 8.78 Å². The standard InChI is InChI=1S/C17H25F2NO/c1-3-10-20-16(17(21-2)8-4-5-9-17)12-13-11-14(18)6-7-15(13)19/h6-7,11,16,20H,3-5,8-10,12H2,1-2H3. The monoisotopic (exact) mass is 297 g/mol. The van der Waals surface area contributed by atoms with Gasteiger partial charge in [0.05, 0.1) is 5.60 Å².